The molecule has 1 aliphatic rings. The van der Waals surface area contributed by atoms with Gasteiger partial charge in [-0.3, -0.25) is 9.10 Å². The summed E-state index contributed by atoms with van der Waals surface area (Å²) >= 11 is 0. The van der Waals surface area contributed by atoms with Gasteiger partial charge in [0.25, 0.3) is 0 Å². The van der Waals surface area contributed by atoms with E-state index >= 15 is 0 Å². The molecule has 1 saturated heterocycles. The third-order valence-electron chi connectivity index (χ3n) is 3.89. The molecule has 0 bridgehead atoms. The van der Waals surface area contributed by atoms with Gasteiger partial charge in [0, 0.05) is 24.4 Å². The van der Waals surface area contributed by atoms with Crippen LogP contribution in [-0.2, 0) is 14.8 Å². The Labute approximate surface area is 150 Å². The smallest absolute Gasteiger partial charge is 0.248 e. The molecule has 8 heteroatoms. The Morgan fingerprint density at radius 3 is 2.42 bits per heavy atom. The van der Waals surface area contributed by atoms with Gasteiger partial charge in [-0.1, -0.05) is 12.1 Å². The summed E-state index contributed by atoms with van der Waals surface area (Å²) in [7, 11) is -3.23. The lowest BCUT2D eigenvalue weighted by molar-refractivity contribution is -0.111. The summed E-state index contributed by atoms with van der Waals surface area (Å²) in [4.78, 5) is 11.8. The maximum absolute atomic E-state index is 13.1. The topological polar surface area (TPSA) is 66.5 Å². The van der Waals surface area contributed by atoms with Crippen LogP contribution in [0, 0.1) is 11.6 Å². The molecule has 5 nitrogen and oxygen atoms in total. The van der Waals surface area contributed by atoms with Crippen molar-refractivity contribution in [2.45, 2.75) is 6.42 Å². The van der Waals surface area contributed by atoms with Crippen molar-refractivity contribution in [1.82, 2.24) is 0 Å². The summed E-state index contributed by atoms with van der Waals surface area (Å²) in [6, 6.07) is 9.84. The molecule has 1 N–H and O–H groups in total. The maximum atomic E-state index is 13.1. The number of carbonyl (C=O) groups is 1. The van der Waals surface area contributed by atoms with Crippen LogP contribution >= 0.6 is 0 Å². The first kappa shape index (κ1) is 18.1. The van der Waals surface area contributed by atoms with Gasteiger partial charge in [-0.05, 0) is 42.3 Å². The van der Waals surface area contributed by atoms with E-state index in [1.165, 1.54) is 22.5 Å². The zero-order chi connectivity index (χ0) is 18.7. The summed E-state index contributed by atoms with van der Waals surface area (Å²) in [6.45, 7) is 0.466. The molecule has 0 spiro atoms. The van der Waals surface area contributed by atoms with Crippen molar-refractivity contribution >= 4 is 33.4 Å². The van der Waals surface area contributed by atoms with Gasteiger partial charge in [0.15, 0.2) is 11.6 Å². The lowest BCUT2D eigenvalue weighted by Gasteiger charge is -2.16. The van der Waals surface area contributed by atoms with E-state index < -0.39 is 27.6 Å². The lowest BCUT2D eigenvalue weighted by Crippen LogP contribution is -2.24. The van der Waals surface area contributed by atoms with Crippen molar-refractivity contribution in [2.24, 2.45) is 0 Å². The highest BCUT2D eigenvalue weighted by molar-refractivity contribution is 7.93. The summed E-state index contributed by atoms with van der Waals surface area (Å²) < 4.78 is 51.1. The van der Waals surface area contributed by atoms with Gasteiger partial charge < -0.3 is 5.32 Å². The van der Waals surface area contributed by atoms with E-state index in [0.717, 1.165) is 12.1 Å². The van der Waals surface area contributed by atoms with Gasteiger partial charge in [-0.25, -0.2) is 17.2 Å². The number of anilines is 2. The zero-order valence-electron chi connectivity index (χ0n) is 13.7. The standard InChI is InChI=1S/C18H16F2N2O3S/c19-16-8-5-14(12-17(16)20)21-18(23)9-4-13-2-6-15(7-3-13)22-10-1-11-26(22,24)25/h2-9,12H,1,10-11H2,(H,21,23)/b9-4+. The lowest BCUT2D eigenvalue weighted by atomic mass is 10.2. The molecule has 0 saturated carbocycles. The molecular weight excluding hydrogens is 362 g/mol. The molecule has 0 radical (unpaired) electrons. The molecule has 1 amide bonds. The number of benzene rings is 2. The van der Waals surface area contributed by atoms with Crippen LogP contribution in [0.4, 0.5) is 20.2 Å². The normalized spacial score (nSPS) is 16.2. The first-order chi connectivity index (χ1) is 12.3. The van der Waals surface area contributed by atoms with Gasteiger partial charge in [-0.2, -0.15) is 0 Å². The molecule has 26 heavy (non-hydrogen) atoms. The number of nitrogens with one attached hydrogen (secondary N) is 1. The number of carbonyl (C=O) groups excluding carboxylic acids is 1. The van der Waals surface area contributed by atoms with E-state index in [-0.39, 0.29) is 11.4 Å². The minimum absolute atomic E-state index is 0.146. The third-order valence-corrected chi connectivity index (χ3v) is 5.76. The number of sulfonamides is 1. The van der Waals surface area contributed by atoms with Gasteiger partial charge in [-0.15, -0.1) is 0 Å². The number of hydrogen-bond acceptors (Lipinski definition) is 3. The molecule has 136 valence electrons. The molecule has 0 unspecified atom stereocenters. The molecule has 3 rings (SSSR count). The first-order valence-corrected chi connectivity index (χ1v) is 9.51. The molecule has 1 fully saturated rings. The van der Waals surface area contributed by atoms with Gasteiger partial charge in [0.1, 0.15) is 0 Å². The number of nitrogens with zero attached hydrogens (tertiary/aromatic N) is 1. The summed E-state index contributed by atoms with van der Waals surface area (Å²) in [5, 5.41) is 2.43. The van der Waals surface area contributed by atoms with E-state index in [1.807, 2.05) is 0 Å². The minimum Gasteiger partial charge on any atom is -0.322 e. The highest BCUT2D eigenvalue weighted by Crippen LogP contribution is 2.24. The van der Waals surface area contributed by atoms with E-state index in [0.29, 0.717) is 24.2 Å². The number of hydrogen-bond donors (Lipinski definition) is 1. The predicted molar refractivity (Wildman–Crippen MR) is 96.2 cm³/mol. The van der Waals surface area contributed by atoms with Crippen LogP contribution in [0.2, 0.25) is 0 Å². The second kappa shape index (κ2) is 7.25. The fraction of sp³-hybridized carbons (Fsp3) is 0.167. The van der Waals surface area contributed by atoms with E-state index in [1.54, 1.807) is 24.3 Å². The third kappa shape index (κ3) is 4.08. The van der Waals surface area contributed by atoms with Crippen molar-refractivity contribution in [3.05, 3.63) is 65.7 Å². The summed E-state index contributed by atoms with van der Waals surface area (Å²) in [5.74, 6) is -2.38. The number of rotatable bonds is 4. The van der Waals surface area contributed by atoms with E-state index in [4.69, 9.17) is 0 Å². The van der Waals surface area contributed by atoms with Crippen LogP contribution in [0.25, 0.3) is 6.08 Å². The second-order valence-corrected chi connectivity index (χ2v) is 7.80. The second-order valence-electron chi connectivity index (χ2n) is 5.78. The Hall–Kier alpha value is -2.74. The van der Waals surface area contributed by atoms with Crippen LogP contribution in [-0.4, -0.2) is 26.6 Å². The first-order valence-electron chi connectivity index (χ1n) is 7.90. The van der Waals surface area contributed by atoms with Crippen LogP contribution < -0.4 is 9.62 Å². The molecule has 2 aromatic rings. The van der Waals surface area contributed by atoms with E-state index in [9.17, 15) is 22.0 Å². The average molecular weight is 378 g/mol. The van der Waals surface area contributed by atoms with Crippen molar-refractivity contribution in [2.75, 3.05) is 21.9 Å². The largest absolute Gasteiger partial charge is 0.322 e. The zero-order valence-corrected chi connectivity index (χ0v) is 14.5. The quantitative estimate of drug-likeness (QED) is 0.831. The molecule has 1 heterocycles. The molecule has 1 aliphatic heterocycles. The monoisotopic (exact) mass is 378 g/mol. The highest BCUT2D eigenvalue weighted by atomic mass is 32.2. The van der Waals surface area contributed by atoms with Crippen LogP contribution in [0.15, 0.2) is 48.5 Å². The van der Waals surface area contributed by atoms with Gasteiger partial charge in [0.05, 0.1) is 11.4 Å². The van der Waals surface area contributed by atoms with E-state index in [2.05, 4.69) is 5.32 Å². The number of halogens is 2. The van der Waals surface area contributed by atoms with Gasteiger partial charge in [0.2, 0.25) is 15.9 Å². The Morgan fingerprint density at radius 1 is 1.08 bits per heavy atom. The Balaban J connectivity index is 1.64. The van der Waals surface area contributed by atoms with Crippen LogP contribution in [0.3, 0.4) is 0 Å². The van der Waals surface area contributed by atoms with Crippen LogP contribution in [0.1, 0.15) is 12.0 Å². The Morgan fingerprint density at radius 2 is 1.81 bits per heavy atom. The molecule has 0 atom stereocenters. The van der Waals surface area contributed by atoms with Crippen molar-refractivity contribution in [3.8, 4) is 0 Å². The Kier molecular flexibility index (Phi) is 5.03. The summed E-state index contributed by atoms with van der Waals surface area (Å²) in [6.07, 6.45) is 3.40. The average Bonchev–Trinajstić information content (AvgIpc) is 2.96. The van der Waals surface area contributed by atoms with Crippen molar-refractivity contribution in [1.29, 1.82) is 0 Å². The van der Waals surface area contributed by atoms with Gasteiger partial charge >= 0.3 is 0 Å². The molecular formula is C18H16F2N2O3S. The van der Waals surface area contributed by atoms with Crippen LogP contribution in [0.5, 0.6) is 0 Å². The maximum Gasteiger partial charge on any atom is 0.248 e. The van der Waals surface area contributed by atoms with Crippen molar-refractivity contribution < 1.29 is 22.0 Å². The fourth-order valence-electron chi connectivity index (χ4n) is 2.61. The number of amides is 1. The Bertz CT molecular complexity index is 957. The molecule has 0 aliphatic carbocycles. The fourth-order valence-corrected chi connectivity index (χ4v) is 4.18. The van der Waals surface area contributed by atoms with Crippen molar-refractivity contribution in [3.63, 3.8) is 0 Å². The minimum atomic E-state index is -3.23. The predicted octanol–water partition coefficient (Wildman–Crippen LogP) is 3.16. The SMILES string of the molecule is O=C(/C=C/c1ccc(N2CCCS2(=O)=O)cc1)Nc1ccc(F)c(F)c1. The molecule has 0 aromatic heterocycles. The highest BCUT2D eigenvalue weighted by Gasteiger charge is 2.28. The molecule has 2 aromatic carbocycles. The summed E-state index contributed by atoms with van der Waals surface area (Å²) in [5.41, 5.74) is 1.44.